The summed E-state index contributed by atoms with van der Waals surface area (Å²) in [5.74, 6) is -2.51. The zero-order chi connectivity index (χ0) is 10.9. The molecule has 0 aliphatic carbocycles. The minimum absolute atomic E-state index is 0.0204. The third-order valence-electron chi connectivity index (χ3n) is 1.58. The van der Waals surface area contributed by atoms with Crippen LogP contribution in [0.3, 0.4) is 0 Å². The normalized spacial score (nSPS) is 9.86. The van der Waals surface area contributed by atoms with E-state index in [0.717, 1.165) is 6.07 Å². The fourth-order valence-electron chi connectivity index (χ4n) is 0.911. The average molecular weight is 261 g/mol. The third-order valence-corrected chi connectivity index (χ3v) is 2.16. The van der Waals surface area contributed by atoms with Crippen LogP contribution in [0.5, 0.6) is 0 Å². The van der Waals surface area contributed by atoms with Gasteiger partial charge in [0.05, 0.1) is 10.0 Å². The highest BCUT2D eigenvalue weighted by Crippen LogP contribution is 2.20. The van der Waals surface area contributed by atoms with Gasteiger partial charge in [0.1, 0.15) is 5.82 Å². The fourth-order valence-corrected chi connectivity index (χ4v) is 1.37. The van der Waals surface area contributed by atoms with Crippen LogP contribution >= 0.6 is 15.9 Å². The Kier molecular flexibility index (Phi) is 2.85. The molecule has 14 heavy (non-hydrogen) atoms. The van der Waals surface area contributed by atoms with Gasteiger partial charge in [-0.1, -0.05) is 0 Å². The maximum Gasteiger partial charge on any atom is 0.251 e. The van der Waals surface area contributed by atoms with Gasteiger partial charge in [-0.25, -0.2) is 4.39 Å². The number of halogens is 2. The van der Waals surface area contributed by atoms with Crippen molar-refractivity contribution in [1.82, 2.24) is 0 Å². The van der Waals surface area contributed by atoms with Crippen LogP contribution in [-0.2, 0) is 0 Å². The van der Waals surface area contributed by atoms with Crippen molar-refractivity contribution < 1.29 is 14.0 Å². The topological polar surface area (TPSA) is 86.2 Å². The Hall–Kier alpha value is -1.43. The molecule has 0 aliphatic rings. The quantitative estimate of drug-likeness (QED) is 0.824. The smallest absolute Gasteiger partial charge is 0.251 e. The Morgan fingerprint density at radius 3 is 2.21 bits per heavy atom. The molecule has 0 spiro atoms. The first kappa shape index (κ1) is 10.6. The summed E-state index contributed by atoms with van der Waals surface area (Å²) in [4.78, 5) is 21.5. The molecule has 4 nitrogen and oxygen atoms in total. The maximum atomic E-state index is 13.2. The highest BCUT2D eigenvalue weighted by Gasteiger charge is 2.15. The molecular formula is C8H6BrFN2O2. The predicted octanol–water partition coefficient (Wildman–Crippen LogP) is 0.786. The van der Waals surface area contributed by atoms with Gasteiger partial charge in [-0.2, -0.15) is 0 Å². The summed E-state index contributed by atoms with van der Waals surface area (Å²) in [7, 11) is 0. The Labute approximate surface area is 87.2 Å². The van der Waals surface area contributed by atoms with Gasteiger partial charge in [0.15, 0.2) is 0 Å². The van der Waals surface area contributed by atoms with E-state index >= 15 is 0 Å². The van der Waals surface area contributed by atoms with Crippen LogP contribution < -0.4 is 11.5 Å². The molecule has 0 aromatic heterocycles. The first-order chi connectivity index (χ1) is 6.43. The number of rotatable bonds is 2. The minimum Gasteiger partial charge on any atom is -0.366 e. The Morgan fingerprint density at radius 2 is 1.79 bits per heavy atom. The first-order valence-corrected chi connectivity index (χ1v) is 4.31. The lowest BCUT2D eigenvalue weighted by molar-refractivity contribution is 0.0996. The number of primary amides is 2. The number of carbonyl (C=O) groups excluding carboxylic acids is 2. The first-order valence-electron chi connectivity index (χ1n) is 3.52. The molecule has 0 bridgehead atoms. The minimum atomic E-state index is -0.952. The molecule has 1 aromatic rings. The molecule has 0 atom stereocenters. The third kappa shape index (κ3) is 1.90. The molecule has 74 valence electrons. The van der Waals surface area contributed by atoms with Crippen LogP contribution in [0.2, 0.25) is 0 Å². The molecular weight excluding hydrogens is 255 g/mol. The van der Waals surface area contributed by atoms with Crippen molar-refractivity contribution in [1.29, 1.82) is 0 Å². The molecule has 0 aliphatic heterocycles. The maximum absolute atomic E-state index is 13.2. The van der Waals surface area contributed by atoms with E-state index in [1.165, 1.54) is 6.07 Å². The number of carbonyl (C=O) groups is 2. The molecule has 0 radical (unpaired) electrons. The summed E-state index contributed by atoms with van der Waals surface area (Å²) >= 11 is 2.84. The monoisotopic (exact) mass is 260 g/mol. The lowest BCUT2D eigenvalue weighted by Gasteiger charge is -2.03. The zero-order valence-corrected chi connectivity index (χ0v) is 8.47. The van der Waals surface area contributed by atoms with Crippen molar-refractivity contribution >= 4 is 27.7 Å². The Morgan fingerprint density at radius 1 is 1.21 bits per heavy atom. The summed E-state index contributed by atoms with van der Waals surface area (Å²) in [6, 6.07) is 2.20. The largest absolute Gasteiger partial charge is 0.366 e. The van der Waals surface area contributed by atoms with Crippen LogP contribution in [0.1, 0.15) is 20.7 Å². The molecule has 4 N–H and O–H groups in total. The fraction of sp³-hybridized carbons (Fsp3) is 0. The number of hydrogen-bond acceptors (Lipinski definition) is 2. The van der Waals surface area contributed by atoms with E-state index in [2.05, 4.69) is 15.9 Å². The van der Waals surface area contributed by atoms with Gasteiger partial charge in [-0.3, -0.25) is 9.59 Å². The molecule has 0 fully saturated rings. The van der Waals surface area contributed by atoms with Gasteiger partial charge in [0.25, 0.3) is 5.91 Å². The van der Waals surface area contributed by atoms with Crippen molar-refractivity contribution in [3.05, 3.63) is 33.5 Å². The summed E-state index contributed by atoms with van der Waals surface area (Å²) in [6.45, 7) is 0. The van der Waals surface area contributed by atoms with Gasteiger partial charge >= 0.3 is 0 Å². The lowest BCUT2D eigenvalue weighted by Crippen LogP contribution is -2.17. The lowest BCUT2D eigenvalue weighted by atomic mass is 10.1. The second kappa shape index (κ2) is 3.75. The number of hydrogen-bond donors (Lipinski definition) is 2. The summed E-state index contributed by atoms with van der Waals surface area (Å²) in [5, 5.41) is 0. The zero-order valence-electron chi connectivity index (χ0n) is 6.88. The molecule has 0 saturated heterocycles. The van der Waals surface area contributed by atoms with Crippen LogP contribution in [0.25, 0.3) is 0 Å². The van der Waals surface area contributed by atoms with Crippen LogP contribution in [0.15, 0.2) is 16.6 Å². The number of benzene rings is 1. The summed E-state index contributed by atoms with van der Waals surface area (Å²) in [5.41, 5.74) is 9.52. The molecule has 0 saturated carbocycles. The highest BCUT2D eigenvalue weighted by molar-refractivity contribution is 9.10. The molecule has 6 heteroatoms. The van der Waals surface area contributed by atoms with Crippen LogP contribution in [0, 0.1) is 5.82 Å². The van der Waals surface area contributed by atoms with Gasteiger partial charge in [0.2, 0.25) is 5.91 Å². The molecule has 1 aromatic carbocycles. The van der Waals surface area contributed by atoms with Crippen LogP contribution in [-0.4, -0.2) is 11.8 Å². The van der Waals surface area contributed by atoms with E-state index in [9.17, 15) is 14.0 Å². The van der Waals surface area contributed by atoms with Gasteiger partial charge in [-0.15, -0.1) is 0 Å². The van der Waals surface area contributed by atoms with Crippen molar-refractivity contribution in [2.24, 2.45) is 11.5 Å². The predicted molar refractivity (Wildman–Crippen MR) is 51.1 cm³/mol. The van der Waals surface area contributed by atoms with Crippen molar-refractivity contribution in [3.63, 3.8) is 0 Å². The van der Waals surface area contributed by atoms with E-state index in [1.807, 2.05) is 0 Å². The molecule has 2 amide bonds. The van der Waals surface area contributed by atoms with Crippen molar-refractivity contribution in [2.45, 2.75) is 0 Å². The molecule has 1 rings (SSSR count). The van der Waals surface area contributed by atoms with E-state index in [1.54, 1.807) is 0 Å². The molecule has 0 heterocycles. The van der Waals surface area contributed by atoms with Gasteiger partial charge in [0, 0.05) is 5.56 Å². The second-order valence-electron chi connectivity index (χ2n) is 2.55. The van der Waals surface area contributed by atoms with Crippen molar-refractivity contribution in [3.8, 4) is 0 Å². The Bertz CT molecular complexity index is 420. The van der Waals surface area contributed by atoms with Gasteiger partial charge in [-0.05, 0) is 28.1 Å². The summed E-state index contributed by atoms with van der Waals surface area (Å²) in [6.07, 6.45) is 0. The van der Waals surface area contributed by atoms with E-state index < -0.39 is 17.6 Å². The van der Waals surface area contributed by atoms with E-state index in [-0.39, 0.29) is 15.6 Å². The average Bonchev–Trinajstić information content (AvgIpc) is 2.08. The van der Waals surface area contributed by atoms with Crippen LogP contribution in [0.4, 0.5) is 4.39 Å². The van der Waals surface area contributed by atoms with Gasteiger partial charge < -0.3 is 11.5 Å². The number of nitrogens with two attached hydrogens (primary N) is 2. The van der Waals surface area contributed by atoms with E-state index in [4.69, 9.17) is 11.5 Å². The number of amides is 2. The second-order valence-corrected chi connectivity index (χ2v) is 3.40. The molecule has 0 unspecified atom stereocenters. The van der Waals surface area contributed by atoms with Crippen molar-refractivity contribution in [2.75, 3.05) is 0 Å². The Balaban J connectivity index is 3.43. The standard InChI is InChI=1S/C8H6BrFN2O2/c9-5-2-3(7(11)13)1-4(6(5)10)8(12)14/h1-2H,(H2,11,13)(H2,12,14). The van der Waals surface area contributed by atoms with E-state index in [0.29, 0.717) is 0 Å². The SMILES string of the molecule is NC(=O)c1cc(Br)c(F)c(C(N)=O)c1. The highest BCUT2D eigenvalue weighted by atomic mass is 79.9. The summed E-state index contributed by atoms with van der Waals surface area (Å²) < 4.78 is 13.2.